The maximum Gasteiger partial charge on any atom is 0.303 e. The predicted octanol–water partition coefficient (Wildman–Crippen LogP) is 2.79. The largest absolute Gasteiger partial charge is 0.481 e. The number of aryl methyl sites for hydroxylation is 1. The van der Waals surface area contributed by atoms with Crippen LogP contribution in [0.15, 0.2) is 18.3 Å². The van der Waals surface area contributed by atoms with E-state index in [1.54, 1.807) is 12.3 Å². The molecule has 0 aliphatic rings. The third kappa shape index (κ3) is 6.88. The fourth-order valence-electron chi connectivity index (χ4n) is 2.26. The van der Waals surface area contributed by atoms with Crippen LogP contribution in [-0.2, 0) is 4.79 Å². The van der Waals surface area contributed by atoms with Crippen molar-refractivity contribution in [1.29, 1.82) is 0 Å². The molecule has 0 aliphatic heterocycles. The summed E-state index contributed by atoms with van der Waals surface area (Å²) in [5.74, 6) is -0.538. The van der Waals surface area contributed by atoms with Gasteiger partial charge in [-0.05, 0) is 37.8 Å². The van der Waals surface area contributed by atoms with E-state index in [9.17, 15) is 9.59 Å². The lowest BCUT2D eigenvalue weighted by Crippen LogP contribution is -2.26. The fourth-order valence-corrected chi connectivity index (χ4v) is 2.26. The predicted molar refractivity (Wildman–Crippen MR) is 81.2 cm³/mol. The zero-order valence-corrected chi connectivity index (χ0v) is 12.8. The monoisotopic (exact) mass is 292 g/mol. The SMILES string of the molecule is CCCC(CCNC(=O)c1ccc(C)nc1)CCC(=O)O. The lowest BCUT2D eigenvalue weighted by Gasteiger charge is -2.15. The fraction of sp³-hybridized carbons (Fsp3) is 0.562. The number of rotatable bonds is 9. The Morgan fingerprint density at radius 3 is 2.62 bits per heavy atom. The molecule has 0 fully saturated rings. The average Bonchev–Trinajstić information content (AvgIpc) is 2.45. The van der Waals surface area contributed by atoms with E-state index in [4.69, 9.17) is 5.11 Å². The molecular weight excluding hydrogens is 268 g/mol. The number of nitrogens with one attached hydrogen (secondary N) is 1. The Hall–Kier alpha value is -1.91. The molecule has 0 spiro atoms. The van der Waals surface area contributed by atoms with Crippen LogP contribution in [0.3, 0.4) is 0 Å². The van der Waals surface area contributed by atoms with Crippen LogP contribution in [-0.4, -0.2) is 28.5 Å². The van der Waals surface area contributed by atoms with Gasteiger partial charge in [-0.1, -0.05) is 19.8 Å². The molecule has 1 heterocycles. The van der Waals surface area contributed by atoms with Gasteiger partial charge in [-0.25, -0.2) is 0 Å². The van der Waals surface area contributed by atoms with Crippen LogP contribution >= 0.6 is 0 Å². The van der Waals surface area contributed by atoms with Crippen LogP contribution in [0, 0.1) is 12.8 Å². The van der Waals surface area contributed by atoms with Crippen molar-refractivity contribution in [2.75, 3.05) is 6.54 Å². The molecule has 1 aromatic heterocycles. The zero-order valence-electron chi connectivity index (χ0n) is 12.8. The van der Waals surface area contributed by atoms with E-state index in [0.29, 0.717) is 24.4 Å². The summed E-state index contributed by atoms with van der Waals surface area (Å²) in [5, 5.41) is 11.6. The molecule has 21 heavy (non-hydrogen) atoms. The van der Waals surface area contributed by atoms with E-state index in [-0.39, 0.29) is 12.3 Å². The van der Waals surface area contributed by atoms with E-state index in [1.165, 1.54) is 0 Å². The number of carboxylic acids is 1. The van der Waals surface area contributed by atoms with Crippen LogP contribution in [0.25, 0.3) is 0 Å². The molecule has 1 atom stereocenters. The van der Waals surface area contributed by atoms with Gasteiger partial charge in [-0.3, -0.25) is 14.6 Å². The summed E-state index contributed by atoms with van der Waals surface area (Å²) in [6.07, 6.45) is 5.27. The topological polar surface area (TPSA) is 79.3 Å². The minimum Gasteiger partial charge on any atom is -0.481 e. The van der Waals surface area contributed by atoms with Gasteiger partial charge in [-0.15, -0.1) is 0 Å². The number of aliphatic carboxylic acids is 1. The highest BCUT2D eigenvalue weighted by molar-refractivity contribution is 5.93. The van der Waals surface area contributed by atoms with Gasteiger partial charge < -0.3 is 10.4 Å². The average molecular weight is 292 g/mol. The normalized spacial score (nSPS) is 11.9. The van der Waals surface area contributed by atoms with Gasteiger partial charge in [-0.2, -0.15) is 0 Å². The molecule has 116 valence electrons. The Bertz CT molecular complexity index is 457. The lowest BCUT2D eigenvalue weighted by molar-refractivity contribution is -0.137. The maximum atomic E-state index is 11.9. The smallest absolute Gasteiger partial charge is 0.303 e. The molecule has 5 heteroatoms. The number of hydrogen-bond donors (Lipinski definition) is 2. The van der Waals surface area contributed by atoms with Crippen LogP contribution in [0.2, 0.25) is 0 Å². The van der Waals surface area contributed by atoms with Gasteiger partial charge in [0, 0.05) is 24.9 Å². The highest BCUT2D eigenvalue weighted by Crippen LogP contribution is 2.17. The van der Waals surface area contributed by atoms with Crippen LogP contribution in [0.1, 0.15) is 55.1 Å². The van der Waals surface area contributed by atoms with Gasteiger partial charge in [0.05, 0.1) is 5.56 Å². The van der Waals surface area contributed by atoms with Gasteiger partial charge in [0.1, 0.15) is 0 Å². The number of carbonyl (C=O) groups excluding carboxylic acids is 1. The van der Waals surface area contributed by atoms with E-state index in [0.717, 1.165) is 25.0 Å². The summed E-state index contributed by atoms with van der Waals surface area (Å²) in [5.41, 5.74) is 1.43. The third-order valence-corrected chi connectivity index (χ3v) is 3.48. The van der Waals surface area contributed by atoms with Crippen molar-refractivity contribution in [2.24, 2.45) is 5.92 Å². The summed E-state index contributed by atoms with van der Waals surface area (Å²) >= 11 is 0. The van der Waals surface area contributed by atoms with Crippen LogP contribution in [0.4, 0.5) is 0 Å². The molecule has 1 rings (SSSR count). The van der Waals surface area contributed by atoms with E-state index >= 15 is 0 Å². The molecule has 1 aromatic rings. The lowest BCUT2D eigenvalue weighted by atomic mass is 9.94. The maximum absolute atomic E-state index is 11.9. The summed E-state index contributed by atoms with van der Waals surface area (Å²) < 4.78 is 0. The van der Waals surface area contributed by atoms with E-state index < -0.39 is 5.97 Å². The molecule has 0 aliphatic carbocycles. The summed E-state index contributed by atoms with van der Waals surface area (Å²) in [6, 6.07) is 3.56. The molecule has 1 amide bonds. The van der Waals surface area contributed by atoms with Gasteiger partial charge in [0.15, 0.2) is 0 Å². The Labute approximate surface area is 125 Å². The number of nitrogens with zero attached hydrogens (tertiary/aromatic N) is 1. The standard InChI is InChI=1S/C16H24N2O3/c1-3-4-13(6-8-15(19)20)9-10-17-16(21)14-7-5-12(2)18-11-14/h5,7,11,13H,3-4,6,8-10H2,1-2H3,(H,17,21)(H,19,20). The number of carboxylic acid groups (broad SMARTS) is 1. The number of pyridine rings is 1. The second-order valence-electron chi connectivity index (χ2n) is 5.32. The Morgan fingerprint density at radius 1 is 1.29 bits per heavy atom. The summed E-state index contributed by atoms with van der Waals surface area (Å²) in [6.45, 7) is 4.53. The second kappa shape index (κ2) is 9.10. The Kier molecular flexibility index (Phi) is 7.43. The van der Waals surface area contributed by atoms with Crippen molar-refractivity contribution in [3.63, 3.8) is 0 Å². The minimum absolute atomic E-state index is 0.129. The van der Waals surface area contributed by atoms with Crippen molar-refractivity contribution in [2.45, 2.75) is 46.0 Å². The molecule has 1 unspecified atom stereocenters. The molecule has 0 aromatic carbocycles. The number of amides is 1. The molecule has 0 radical (unpaired) electrons. The zero-order chi connectivity index (χ0) is 15.7. The van der Waals surface area contributed by atoms with Crippen LogP contribution < -0.4 is 5.32 Å². The molecule has 5 nitrogen and oxygen atoms in total. The number of aromatic nitrogens is 1. The minimum atomic E-state index is -0.758. The first-order valence-corrected chi connectivity index (χ1v) is 7.45. The summed E-state index contributed by atoms with van der Waals surface area (Å²) in [7, 11) is 0. The van der Waals surface area contributed by atoms with Crippen molar-refractivity contribution in [1.82, 2.24) is 10.3 Å². The number of hydrogen-bond acceptors (Lipinski definition) is 3. The number of carbonyl (C=O) groups is 2. The first-order valence-electron chi connectivity index (χ1n) is 7.45. The van der Waals surface area contributed by atoms with Crippen molar-refractivity contribution < 1.29 is 14.7 Å². The van der Waals surface area contributed by atoms with Gasteiger partial charge in [0.2, 0.25) is 0 Å². The molecule has 0 saturated heterocycles. The van der Waals surface area contributed by atoms with E-state index in [2.05, 4.69) is 17.2 Å². The Balaban J connectivity index is 2.36. The quantitative estimate of drug-likeness (QED) is 0.733. The van der Waals surface area contributed by atoms with Crippen molar-refractivity contribution in [3.05, 3.63) is 29.6 Å². The van der Waals surface area contributed by atoms with Gasteiger partial charge in [0.25, 0.3) is 5.91 Å². The molecular formula is C16H24N2O3. The third-order valence-electron chi connectivity index (χ3n) is 3.48. The van der Waals surface area contributed by atoms with Crippen molar-refractivity contribution >= 4 is 11.9 Å². The van der Waals surface area contributed by atoms with Crippen LogP contribution in [0.5, 0.6) is 0 Å². The first-order chi connectivity index (χ1) is 10.0. The molecule has 0 saturated carbocycles. The van der Waals surface area contributed by atoms with E-state index in [1.807, 2.05) is 13.0 Å². The highest BCUT2D eigenvalue weighted by Gasteiger charge is 2.11. The first kappa shape index (κ1) is 17.1. The van der Waals surface area contributed by atoms with Crippen molar-refractivity contribution in [3.8, 4) is 0 Å². The van der Waals surface area contributed by atoms with Gasteiger partial charge >= 0.3 is 5.97 Å². The Morgan fingerprint density at radius 2 is 2.05 bits per heavy atom. The highest BCUT2D eigenvalue weighted by atomic mass is 16.4. The summed E-state index contributed by atoms with van der Waals surface area (Å²) in [4.78, 5) is 26.6. The second-order valence-corrected chi connectivity index (χ2v) is 5.32. The molecule has 0 bridgehead atoms. The molecule has 2 N–H and O–H groups in total.